The molecule has 0 spiro atoms. The van der Waals surface area contributed by atoms with Crippen molar-refractivity contribution in [2.45, 2.75) is 17.6 Å². The molecule has 30 heavy (non-hydrogen) atoms. The first-order valence-corrected chi connectivity index (χ1v) is 10.0. The van der Waals surface area contributed by atoms with Crippen molar-refractivity contribution < 1.29 is 21.6 Å². The summed E-state index contributed by atoms with van der Waals surface area (Å²) in [4.78, 5) is 14.3. The highest BCUT2D eigenvalue weighted by Crippen LogP contribution is 2.27. The lowest BCUT2D eigenvalue weighted by Crippen LogP contribution is -2.26. The number of sulfonamides is 1. The number of nitrogens with zero attached hydrogens (tertiary/aromatic N) is 4. The van der Waals surface area contributed by atoms with E-state index in [1.165, 1.54) is 36.5 Å². The van der Waals surface area contributed by atoms with Crippen LogP contribution in [0.5, 0.6) is 0 Å². The number of amidine groups is 1. The molecular weight excluding hydrogens is 423 g/mol. The fraction of sp³-hybridized carbons (Fsp3) is 0.167. The lowest BCUT2D eigenvalue weighted by molar-refractivity contribution is -0.140. The second kappa shape index (κ2) is 6.83. The SMILES string of the molecule is CN(/N=C/c1ccc2[nH]c(=O)n(CC(F)(F)F)c2c1)C1=NS(=O)(=O)c2ccccc21. The van der Waals surface area contributed by atoms with E-state index in [0.29, 0.717) is 15.7 Å². The number of benzene rings is 2. The molecular formula is C18H14F3N5O3S. The van der Waals surface area contributed by atoms with E-state index in [-0.39, 0.29) is 21.8 Å². The van der Waals surface area contributed by atoms with Gasteiger partial charge in [-0.25, -0.2) is 9.80 Å². The Morgan fingerprint density at radius 2 is 1.97 bits per heavy atom. The van der Waals surface area contributed by atoms with E-state index in [9.17, 15) is 26.4 Å². The van der Waals surface area contributed by atoms with Crippen molar-refractivity contribution in [1.29, 1.82) is 0 Å². The number of H-pyrrole nitrogens is 1. The first-order chi connectivity index (χ1) is 14.0. The molecule has 0 amide bonds. The van der Waals surface area contributed by atoms with Crippen LogP contribution in [-0.2, 0) is 16.6 Å². The minimum atomic E-state index is -4.55. The second-order valence-corrected chi connectivity index (χ2v) is 8.13. The van der Waals surface area contributed by atoms with Crippen molar-refractivity contribution in [3.8, 4) is 0 Å². The van der Waals surface area contributed by atoms with E-state index in [1.54, 1.807) is 24.3 Å². The molecule has 0 bridgehead atoms. The molecule has 0 saturated heterocycles. The van der Waals surface area contributed by atoms with Gasteiger partial charge in [0.25, 0.3) is 10.0 Å². The van der Waals surface area contributed by atoms with Gasteiger partial charge in [-0.1, -0.05) is 18.2 Å². The Hall–Kier alpha value is -3.41. The first kappa shape index (κ1) is 19.9. The Balaban J connectivity index is 1.66. The van der Waals surface area contributed by atoms with Crippen molar-refractivity contribution in [3.05, 3.63) is 64.1 Å². The summed E-state index contributed by atoms with van der Waals surface area (Å²) in [7, 11) is -2.31. The van der Waals surface area contributed by atoms with Gasteiger partial charge in [-0.05, 0) is 29.8 Å². The molecule has 8 nitrogen and oxygen atoms in total. The Morgan fingerprint density at radius 1 is 1.23 bits per heavy atom. The van der Waals surface area contributed by atoms with Crippen LogP contribution in [0.15, 0.2) is 61.7 Å². The van der Waals surface area contributed by atoms with Crippen molar-refractivity contribution in [2.75, 3.05) is 7.05 Å². The van der Waals surface area contributed by atoms with Gasteiger partial charge in [0.1, 0.15) is 11.4 Å². The van der Waals surface area contributed by atoms with E-state index >= 15 is 0 Å². The average molecular weight is 437 g/mol. The number of hydrogen-bond acceptors (Lipinski definition) is 5. The molecule has 1 aromatic heterocycles. The maximum Gasteiger partial charge on any atom is 0.406 e. The molecule has 0 atom stereocenters. The van der Waals surface area contributed by atoms with E-state index in [4.69, 9.17) is 0 Å². The molecule has 0 radical (unpaired) electrons. The molecule has 0 aliphatic carbocycles. The summed E-state index contributed by atoms with van der Waals surface area (Å²) in [6, 6.07) is 10.7. The van der Waals surface area contributed by atoms with Crippen LogP contribution in [-0.4, -0.2) is 48.3 Å². The van der Waals surface area contributed by atoms with Crippen LogP contribution in [0.4, 0.5) is 13.2 Å². The van der Waals surface area contributed by atoms with Gasteiger partial charge in [0, 0.05) is 12.6 Å². The molecule has 4 rings (SSSR count). The molecule has 1 aliphatic heterocycles. The summed E-state index contributed by atoms with van der Waals surface area (Å²) in [6.07, 6.45) is -3.21. The highest BCUT2D eigenvalue weighted by molar-refractivity contribution is 7.90. The molecule has 1 aliphatic rings. The predicted molar refractivity (Wildman–Crippen MR) is 104 cm³/mol. The van der Waals surface area contributed by atoms with Crippen molar-refractivity contribution in [2.24, 2.45) is 9.50 Å². The fourth-order valence-electron chi connectivity index (χ4n) is 3.12. The predicted octanol–water partition coefficient (Wildman–Crippen LogP) is 2.31. The standard InChI is InChI=1S/C18H14F3N5O3S/c1-25(16-12-4-2-3-5-15(12)30(28,29)24-16)22-9-11-6-7-13-14(8-11)26(17(27)23-13)10-18(19,20)21/h2-9H,10H2,1H3,(H,23,27)/b22-9+. The Labute approximate surface area is 168 Å². The zero-order valence-electron chi connectivity index (χ0n) is 15.4. The Kier molecular flexibility index (Phi) is 4.53. The van der Waals surface area contributed by atoms with Gasteiger partial charge >= 0.3 is 11.9 Å². The number of halogens is 3. The van der Waals surface area contributed by atoms with Crippen molar-refractivity contribution in [3.63, 3.8) is 0 Å². The lowest BCUT2D eigenvalue weighted by atomic mass is 10.2. The molecule has 3 aromatic rings. The molecule has 12 heteroatoms. The van der Waals surface area contributed by atoms with Crippen LogP contribution in [0.3, 0.4) is 0 Å². The van der Waals surface area contributed by atoms with E-state index in [1.807, 2.05) is 0 Å². The smallest absolute Gasteiger partial charge is 0.306 e. The van der Waals surface area contributed by atoms with Crippen LogP contribution in [0.2, 0.25) is 0 Å². The van der Waals surface area contributed by atoms with Crippen molar-refractivity contribution in [1.82, 2.24) is 14.6 Å². The topological polar surface area (TPSA) is 99.9 Å². The van der Waals surface area contributed by atoms with E-state index in [2.05, 4.69) is 14.5 Å². The number of hydrogen-bond donors (Lipinski definition) is 1. The third-order valence-electron chi connectivity index (χ3n) is 4.44. The molecule has 0 saturated carbocycles. The third kappa shape index (κ3) is 3.61. The molecule has 1 N–H and O–H groups in total. The molecule has 0 fully saturated rings. The van der Waals surface area contributed by atoms with Crippen LogP contribution >= 0.6 is 0 Å². The minimum Gasteiger partial charge on any atom is -0.306 e. The highest BCUT2D eigenvalue weighted by atomic mass is 32.2. The lowest BCUT2D eigenvalue weighted by Gasteiger charge is -2.12. The second-order valence-electron chi connectivity index (χ2n) is 6.56. The summed E-state index contributed by atoms with van der Waals surface area (Å²) in [6.45, 7) is -1.42. The largest absolute Gasteiger partial charge is 0.406 e. The van der Waals surface area contributed by atoms with E-state index < -0.39 is 28.4 Å². The summed E-state index contributed by atoms with van der Waals surface area (Å²) in [5.74, 6) is 0.124. The average Bonchev–Trinajstić information content (AvgIpc) is 3.12. The Morgan fingerprint density at radius 3 is 2.70 bits per heavy atom. The first-order valence-electron chi connectivity index (χ1n) is 8.56. The molecule has 0 unspecified atom stereocenters. The van der Waals surface area contributed by atoms with Gasteiger partial charge in [-0.3, -0.25) is 4.57 Å². The Bertz CT molecular complexity index is 1370. The highest BCUT2D eigenvalue weighted by Gasteiger charge is 2.31. The number of rotatable bonds is 3. The maximum atomic E-state index is 12.8. The molecule has 2 aromatic carbocycles. The van der Waals surface area contributed by atoms with Crippen LogP contribution in [0, 0.1) is 0 Å². The molecule has 2 heterocycles. The fourth-order valence-corrected chi connectivity index (χ4v) is 4.35. The van der Waals surface area contributed by atoms with Crippen molar-refractivity contribution >= 4 is 33.1 Å². The van der Waals surface area contributed by atoms with Gasteiger partial charge in [0.2, 0.25) is 0 Å². The van der Waals surface area contributed by atoms with E-state index in [0.717, 1.165) is 0 Å². The van der Waals surface area contributed by atoms with Crippen LogP contribution in [0.1, 0.15) is 11.1 Å². The van der Waals surface area contributed by atoms with Crippen LogP contribution in [0.25, 0.3) is 11.0 Å². The van der Waals surface area contributed by atoms with Gasteiger partial charge in [-0.2, -0.15) is 26.7 Å². The summed E-state index contributed by atoms with van der Waals surface area (Å²) < 4.78 is 66.9. The third-order valence-corrected chi connectivity index (χ3v) is 5.76. The zero-order valence-corrected chi connectivity index (χ0v) is 16.2. The number of alkyl halides is 3. The number of nitrogens with one attached hydrogen (secondary N) is 1. The van der Waals surface area contributed by atoms with Gasteiger partial charge in [-0.15, -0.1) is 4.40 Å². The summed E-state index contributed by atoms with van der Waals surface area (Å²) in [5.41, 5.74) is 0.289. The number of aromatic nitrogens is 2. The number of fused-ring (bicyclic) bond motifs is 2. The van der Waals surface area contributed by atoms with Gasteiger partial charge in [0.15, 0.2) is 5.84 Å². The number of aromatic amines is 1. The van der Waals surface area contributed by atoms with Crippen LogP contribution < -0.4 is 5.69 Å². The maximum absolute atomic E-state index is 12.8. The normalized spacial score (nSPS) is 15.5. The number of imidazole rings is 1. The molecule has 156 valence electrons. The zero-order chi connectivity index (χ0) is 21.7. The summed E-state index contributed by atoms with van der Waals surface area (Å²) >= 11 is 0. The van der Waals surface area contributed by atoms with Gasteiger partial charge in [0.05, 0.1) is 17.2 Å². The number of hydrazone groups is 1. The van der Waals surface area contributed by atoms with Gasteiger partial charge < -0.3 is 4.98 Å². The minimum absolute atomic E-state index is 0.0759. The summed E-state index contributed by atoms with van der Waals surface area (Å²) in [5, 5.41) is 5.41. The quantitative estimate of drug-likeness (QED) is 0.502. The monoisotopic (exact) mass is 437 g/mol.